The normalized spacial score (nSPS) is 15.4. The van der Waals surface area contributed by atoms with Gasteiger partial charge >= 0.3 is 6.03 Å². The summed E-state index contributed by atoms with van der Waals surface area (Å²) in [5.74, 6) is 0.128. The zero-order valence-corrected chi connectivity index (χ0v) is 16.9. The quantitative estimate of drug-likeness (QED) is 0.511. The van der Waals surface area contributed by atoms with Crippen LogP contribution >= 0.6 is 0 Å². The van der Waals surface area contributed by atoms with E-state index in [-0.39, 0.29) is 12.5 Å². The predicted molar refractivity (Wildman–Crippen MR) is 104 cm³/mol. The standard InChI is InChI=1S/C19H38N4O3/c1-4-5-6-7-8-23(10-9-22-11-13-26-14-12-22)16-18(24)21-19(25)20-15-17(2)3/h17H,4-16H2,1-3H3,(H2,20,21,24,25). The second kappa shape index (κ2) is 13.9. The molecule has 1 fully saturated rings. The maximum absolute atomic E-state index is 12.2. The van der Waals surface area contributed by atoms with Gasteiger partial charge in [0.25, 0.3) is 0 Å². The molecule has 1 rings (SSSR count). The molecule has 7 heteroatoms. The van der Waals surface area contributed by atoms with Crippen LogP contribution in [-0.2, 0) is 9.53 Å². The number of imide groups is 1. The van der Waals surface area contributed by atoms with Crippen molar-refractivity contribution in [1.82, 2.24) is 20.4 Å². The first-order valence-corrected chi connectivity index (χ1v) is 10.1. The molecule has 3 amide bonds. The van der Waals surface area contributed by atoms with Gasteiger partial charge in [0.2, 0.25) is 5.91 Å². The number of ether oxygens (including phenoxy) is 1. The molecule has 0 aliphatic carbocycles. The summed E-state index contributed by atoms with van der Waals surface area (Å²) in [5, 5.41) is 5.16. The molecule has 0 atom stereocenters. The van der Waals surface area contributed by atoms with Crippen molar-refractivity contribution in [2.75, 3.05) is 59.0 Å². The number of carbonyl (C=O) groups excluding carboxylic acids is 2. The molecule has 1 saturated heterocycles. The lowest BCUT2D eigenvalue weighted by Crippen LogP contribution is -2.47. The van der Waals surface area contributed by atoms with Gasteiger partial charge in [-0.05, 0) is 18.9 Å². The number of rotatable bonds is 12. The molecular weight excluding hydrogens is 332 g/mol. The van der Waals surface area contributed by atoms with E-state index in [0.717, 1.165) is 52.4 Å². The molecule has 26 heavy (non-hydrogen) atoms. The Hall–Kier alpha value is -1.18. The summed E-state index contributed by atoms with van der Waals surface area (Å²) in [6, 6.07) is -0.400. The Morgan fingerprint density at radius 1 is 1.12 bits per heavy atom. The minimum absolute atomic E-state index is 0.233. The van der Waals surface area contributed by atoms with E-state index in [4.69, 9.17) is 4.74 Å². The highest BCUT2D eigenvalue weighted by molar-refractivity contribution is 5.95. The van der Waals surface area contributed by atoms with Crippen LogP contribution in [-0.4, -0.2) is 80.8 Å². The minimum Gasteiger partial charge on any atom is -0.379 e. The van der Waals surface area contributed by atoms with Crippen molar-refractivity contribution in [2.45, 2.75) is 46.5 Å². The smallest absolute Gasteiger partial charge is 0.321 e. The van der Waals surface area contributed by atoms with Crippen LogP contribution in [0.3, 0.4) is 0 Å². The van der Waals surface area contributed by atoms with Gasteiger partial charge in [0.1, 0.15) is 0 Å². The van der Waals surface area contributed by atoms with Gasteiger partial charge in [-0.3, -0.25) is 19.9 Å². The number of morpholine rings is 1. The Bertz CT molecular complexity index is 398. The Kier molecular flexibility index (Phi) is 12.3. The maximum Gasteiger partial charge on any atom is 0.321 e. The van der Waals surface area contributed by atoms with Crippen molar-refractivity contribution in [3.63, 3.8) is 0 Å². The van der Waals surface area contributed by atoms with E-state index in [9.17, 15) is 9.59 Å². The topological polar surface area (TPSA) is 73.9 Å². The number of amides is 3. The zero-order valence-electron chi connectivity index (χ0n) is 16.9. The van der Waals surface area contributed by atoms with Gasteiger partial charge in [-0.25, -0.2) is 4.79 Å². The number of urea groups is 1. The molecule has 152 valence electrons. The molecule has 2 N–H and O–H groups in total. The summed E-state index contributed by atoms with van der Waals surface area (Å²) in [6.45, 7) is 13.2. The summed E-state index contributed by atoms with van der Waals surface area (Å²) in [7, 11) is 0. The van der Waals surface area contributed by atoms with E-state index in [0.29, 0.717) is 12.5 Å². The fourth-order valence-corrected chi connectivity index (χ4v) is 2.85. The lowest BCUT2D eigenvalue weighted by molar-refractivity contribution is -0.121. The van der Waals surface area contributed by atoms with E-state index >= 15 is 0 Å². The molecule has 0 radical (unpaired) electrons. The number of nitrogens with one attached hydrogen (secondary N) is 2. The lowest BCUT2D eigenvalue weighted by Gasteiger charge is -2.29. The summed E-state index contributed by atoms with van der Waals surface area (Å²) < 4.78 is 5.38. The number of hydrogen-bond donors (Lipinski definition) is 2. The van der Waals surface area contributed by atoms with Crippen molar-refractivity contribution in [2.24, 2.45) is 5.92 Å². The van der Waals surface area contributed by atoms with Crippen LogP contribution in [0, 0.1) is 5.92 Å². The lowest BCUT2D eigenvalue weighted by atomic mass is 10.2. The van der Waals surface area contributed by atoms with Crippen LogP contribution in [0.15, 0.2) is 0 Å². The Balaban J connectivity index is 2.37. The van der Waals surface area contributed by atoms with Crippen LogP contribution in [0.25, 0.3) is 0 Å². The third kappa shape index (κ3) is 11.4. The molecule has 0 bridgehead atoms. The predicted octanol–water partition coefficient (Wildman–Crippen LogP) is 1.68. The van der Waals surface area contributed by atoms with Crippen molar-refractivity contribution in [1.29, 1.82) is 0 Å². The molecule has 0 saturated carbocycles. The summed E-state index contributed by atoms with van der Waals surface area (Å²) in [4.78, 5) is 28.5. The fraction of sp³-hybridized carbons (Fsp3) is 0.895. The Labute approximate surface area is 158 Å². The third-order valence-electron chi connectivity index (χ3n) is 4.46. The highest BCUT2D eigenvalue weighted by Crippen LogP contribution is 2.03. The molecule has 1 aliphatic heterocycles. The van der Waals surface area contributed by atoms with Gasteiger partial charge < -0.3 is 10.1 Å². The van der Waals surface area contributed by atoms with Gasteiger partial charge in [0, 0.05) is 32.7 Å². The number of unbranched alkanes of at least 4 members (excludes halogenated alkanes) is 3. The average Bonchev–Trinajstić information content (AvgIpc) is 2.62. The highest BCUT2D eigenvalue weighted by atomic mass is 16.5. The molecule has 0 aromatic carbocycles. The number of nitrogens with zero attached hydrogens (tertiary/aromatic N) is 2. The van der Waals surface area contributed by atoms with Crippen LogP contribution in [0.2, 0.25) is 0 Å². The molecule has 1 heterocycles. The summed E-state index contributed by atoms with van der Waals surface area (Å²) in [5.41, 5.74) is 0. The Morgan fingerprint density at radius 2 is 1.85 bits per heavy atom. The number of carbonyl (C=O) groups is 2. The van der Waals surface area contributed by atoms with Crippen molar-refractivity contribution >= 4 is 11.9 Å². The van der Waals surface area contributed by atoms with E-state index in [1.807, 2.05) is 13.8 Å². The molecule has 0 aromatic heterocycles. The highest BCUT2D eigenvalue weighted by Gasteiger charge is 2.16. The van der Waals surface area contributed by atoms with E-state index in [1.165, 1.54) is 19.3 Å². The van der Waals surface area contributed by atoms with Gasteiger partial charge in [0.05, 0.1) is 19.8 Å². The van der Waals surface area contributed by atoms with Gasteiger partial charge in [0.15, 0.2) is 0 Å². The van der Waals surface area contributed by atoms with Crippen molar-refractivity contribution < 1.29 is 14.3 Å². The van der Waals surface area contributed by atoms with Crippen molar-refractivity contribution in [3.8, 4) is 0 Å². The first-order chi connectivity index (χ1) is 12.5. The molecular formula is C19H38N4O3. The maximum atomic E-state index is 12.2. The fourth-order valence-electron chi connectivity index (χ4n) is 2.85. The summed E-state index contributed by atoms with van der Waals surface area (Å²) >= 11 is 0. The first kappa shape index (κ1) is 22.9. The van der Waals surface area contributed by atoms with Crippen LogP contribution in [0.1, 0.15) is 46.5 Å². The number of hydrogen-bond acceptors (Lipinski definition) is 5. The van der Waals surface area contributed by atoms with E-state index in [1.54, 1.807) is 0 Å². The third-order valence-corrected chi connectivity index (χ3v) is 4.46. The van der Waals surface area contributed by atoms with Crippen molar-refractivity contribution in [3.05, 3.63) is 0 Å². The second-order valence-electron chi connectivity index (χ2n) is 7.44. The van der Waals surface area contributed by atoms with Gasteiger partial charge in [-0.2, -0.15) is 0 Å². The molecule has 0 aromatic rings. The summed E-state index contributed by atoms with van der Waals surface area (Å²) in [6.07, 6.45) is 4.69. The van der Waals surface area contributed by atoms with Crippen LogP contribution in [0.4, 0.5) is 4.79 Å². The van der Waals surface area contributed by atoms with Gasteiger partial charge in [-0.1, -0.05) is 40.0 Å². The zero-order chi connectivity index (χ0) is 19.2. The molecule has 0 unspecified atom stereocenters. The van der Waals surface area contributed by atoms with Crippen LogP contribution < -0.4 is 10.6 Å². The monoisotopic (exact) mass is 370 g/mol. The SMILES string of the molecule is CCCCCCN(CCN1CCOCC1)CC(=O)NC(=O)NCC(C)C. The first-order valence-electron chi connectivity index (χ1n) is 10.1. The molecule has 7 nitrogen and oxygen atoms in total. The van der Waals surface area contributed by atoms with E-state index < -0.39 is 6.03 Å². The van der Waals surface area contributed by atoms with Gasteiger partial charge in [-0.15, -0.1) is 0 Å². The second-order valence-corrected chi connectivity index (χ2v) is 7.44. The van der Waals surface area contributed by atoms with Crippen LogP contribution in [0.5, 0.6) is 0 Å². The average molecular weight is 371 g/mol. The van der Waals surface area contributed by atoms with E-state index in [2.05, 4.69) is 27.4 Å². The minimum atomic E-state index is -0.400. The molecule has 0 spiro atoms. The Morgan fingerprint density at radius 3 is 2.50 bits per heavy atom. The largest absolute Gasteiger partial charge is 0.379 e. The molecule has 1 aliphatic rings.